The number of hydrazone groups is 1. The summed E-state index contributed by atoms with van der Waals surface area (Å²) in [6.45, 7) is 2.42. The lowest BCUT2D eigenvalue weighted by Crippen LogP contribution is -2.24. The molecule has 4 rings (SSSR count). The largest absolute Gasteiger partial charge is 0.488 e. The molecule has 1 amide bonds. The number of ether oxygens (including phenoxy) is 2. The molecule has 0 aliphatic carbocycles. The second-order valence-corrected chi connectivity index (χ2v) is 7.55. The van der Waals surface area contributed by atoms with E-state index in [2.05, 4.69) is 17.5 Å². The van der Waals surface area contributed by atoms with Gasteiger partial charge in [-0.05, 0) is 46.5 Å². The number of fused-ring (bicyclic) bond motifs is 1. The predicted molar refractivity (Wildman–Crippen MR) is 132 cm³/mol. The first kappa shape index (κ1) is 22.1. The van der Waals surface area contributed by atoms with E-state index in [1.807, 2.05) is 91.0 Å². The van der Waals surface area contributed by atoms with Gasteiger partial charge in [0.15, 0.2) is 6.61 Å². The molecule has 1 N–H and O–H groups in total. The van der Waals surface area contributed by atoms with Crippen LogP contribution in [0.3, 0.4) is 0 Å². The molecule has 0 fully saturated rings. The molecule has 0 radical (unpaired) electrons. The molecule has 0 saturated heterocycles. The zero-order chi connectivity index (χ0) is 22.9. The predicted octanol–water partition coefficient (Wildman–Crippen LogP) is 5.51. The normalized spacial score (nSPS) is 10.9. The molecule has 0 spiro atoms. The molecule has 166 valence electrons. The van der Waals surface area contributed by atoms with Crippen molar-refractivity contribution in [2.24, 2.45) is 5.10 Å². The zero-order valence-electron chi connectivity index (χ0n) is 18.5. The highest BCUT2D eigenvalue weighted by Crippen LogP contribution is 2.27. The summed E-state index contributed by atoms with van der Waals surface area (Å²) >= 11 is 0. The fourth-order valence-corrected chi connectivity index (χ4v) is 3.44. The second kappa shape index (κ2) is 11.0. The summed E-state index contributed by atoms with van der Waals surface area (Å²) in [7, 11) is 0. The smallest absolute Gasteiger partial charge is 0.277 e. The summed E-state index contributed by atoms with van der Waals surface area (Å²) < 4.78 is 11.6. The molecule has 0 unspecified atom stereocenters. The minimum atomic E-state index is -0.335. The number of aryl methyl sites for hydroxylation is 1. The van der Waals surface area contributed by atoms with Crippen molar-refractivity contribution in [2.75, 3.05) is 6.61 Å². The Kier molecular flexibility index (Phi) is 7.33. The van der Waals surface area contributed by atoms with Crippen molar-refractivity contribution in [2.45, 2.75) is 20.0 Å². The van der Waals surface area contributed by atoms with E-state index >= 15 is 0 Å². The Morgan fingerprint density at radius 3 is 2.39 bits per heavy atom. The number of nitrogens with zero attached hydrogens (tertiary/aromatic N) is 1. The van der Waals surface area contributed by atoms with Gasteiger partial charge in [0.1, 0.15) is 18.1 Å². The topological polar surface area (TPSA) is 59.9 Å². The van der Waals surface area contributed by atoms with Crippen LogP contribution in [0.2, 0.25) is 0 Å². The number of carbonyl (C=O) groups excluding carboxylic acids is 1. The molecule has 0 bridgehead atoms. The van der Waals surface area contributed by atoms with Gasteiger partial charge in [-0.2, -0.15) is 5.10 Å². The van der Waals surface area contributed by atoms with Crippen LogP contribution in [0.4, 0.5) is 0 Å². The van der Waals surface area contributed by atoms with Crippen LogP contribution in [0.15, 0.2) is 96.1 Å². The van der Waals surface area contributed by atoms with Crippen LogP contribution in [0.5, 0.6) is 11.5 Å². The number of carbonyl (C=O) groups is 1. The Morgan fingerprint density at radius 2 is 1.61 bits per heavy atom. The molecule has 0 saturated carbocycles. The van der Waals surface area contributed by atoms with Gasteiger partial charge >= 0.3 is 0 Å². The number of amides is 1. The molecule has 0 aliphatic rings. The number of rotatable bonds is 9. The van der Waals surface area contributed by atoms with E-state index in [9.17, 15) is 4.79 Å². The fourth-order valence-electron chi connectivity index (χ4n) is 3.44. The van der Waals surface area contributed by atoms with Gasteiger partial charge in [-0.3, -0.25) is 4.79 Å². The minimum absolute atomic E-state index is 0.115. The van der Waals surface area contributed by atoms with Crippen LogP contribution in [-0.2, 0) is 17.8 Å². The highest BCUT2D eigenvalue weighted by atomic mass is 16.5. The zero-order valence-corrected chi connectivity index (χ0v) is 18.5. The van der Waals surface area contributed by atoms with E-state index in [0.29, 0.717) is 18.1 Å². The molecule has 4 aromatic carbocycles. The Labute approximate surface area is 193 Å². The third-order valence-corrected chi connectivity index (χ3v) is 5.25. The maximum absolute atomic E-state index is 12.2. The van der Waals surface area contributed by atoms with Gasteiger partial charge in [-0.25, -0.2) is 5.43 Å². The Bertz CT molecular complexity index is 1240. The molecule has 33 heavy (non-hydrogen) atoms. The summed E-state index contributed by atoms with van der Waals surface area (Å²) in [5, 5.41) is 6.22. The molecule has 5 nitrogen and oxygen atoms in total. The van der Waals surface area contributed by atoms with E-state index in [4.69, 9.17) is 9.47 Å². The quantitative estimate of drug-likeness (QED) is 0.277. The molecule has 0 aromatic heterocycles. The van der Waals surface area contributed by atoms with Gasteiger partial charge in [-0.15, -0.1) is 0 Å². The number of hydrogen-bond donors (Lipinski definition) is 1. The van der Waals surface area contributed by atoms with Gasteiger partial charge in [0.2, 0.25) is 0 Å². The van der Waals surface area contributed by atoms with Crippen molar-refractivity contribution in [3.8, 4) is 11.5 Å². The van der Waals surface area contributed by atoms with Crippen molar-refractivity contribution < 1.29 is 14.3 Å². The Balaban J connectivity index is 1.43. The first-order chi connectivity index (χ1) is 16.2. The van der Waals surface area contributed by atoms with Crippen LogP contribution in [0.1, 0.15) is 23.6 Å². The van der Waals surface area contributed by atoms with E-state index in [1.165, 1.54) is 5.56 Å². The SMILES string of the molecule is CCc1ccc(OCC(=O)NN=Cc2c(OCc3ccccc3)ccc3ccccc23)cc1. The maximum Gasteiger partial charge on any atom is 0.277 e. The van der Waals surface area contributed by atoms with Crippen LogP contribution >= 0.6 is 0 Å². The van der Waals surface area contributed by atoms with Gasteiger partial charge in [0.05, 0.1) is 6.21 Å². The van der Waals surface area contributed by atoms with Crippen LogP contribution in [0, 0.1) is 0 Å². The first-order valence-corrected chi connectivity index (χ1v) is 10.9. The summed E-state index contributed by atoms with van der Waals surface area (Å²) in [4.78, 5) is 12.2. The average molecular weight is 439 g/mol. The number of benzene rings is 4. The molecule has 4 aromatic rings. The van der Waals surface area contributed by atoms with Crippen molar-refractivity contribution in [3.63, 3.8) is 0 Å². The summed E-state index contributed by atoms with van der Waals surface area (Å²) in [6.07, 6.45) is 2.58. The lowest BCUT2D eigenvalue weighted by molar-refractivity contribution is -0.123. The van der Waals surface area contributed by atoms with Gasteiger partial charge in [0, 0.05) is 5.56 Å². The first-order valence-electron chi connectivity index (χ1n) is 10.9. The van der Waals surface area contributed by atoms with Gasteiger partial charge in [0.25, 0.3) is 5.91 Å². The Morgan fingerprint density at radius 1 is 0.848 bits per heavy atom. The summed E-state index contributed by atoms with van der Waals surface area (Å²) in [5.74, 6) is 1.01. The summed E-state index contributed by atoms with van der Waals surface area (Å²) in [6, 6.07) is 29.6. The molecular weight excluding hydrogens is 412 g/mol. The van der Waals surface area contributed by atoms with Crippen LogP contribution in [0.25, 0.3) is 10.8 Å². The molecule has 5 heteroatoms. The van der Waals surface area contributed by atoms with Crippen molar-refractivity contribution >= 4 is 22.9 Å². The molecule has 0 heterocycles. The van der Waals surface area contributed by atoms with E-state index in [1.54, 1.807) is 6.21 Å². The average Bonchev–Trinajstić information content (AvgIpc) is 2.87. The number of nitrogens with one attached hydrogen (secondary N) is 1. The Hall–Kier alpha value is -4.12. The van der Waals surface area contributed by atoms with E-state index < -0.39 is 0 Å². The van der Waals surface area contributed by atoms with E-state index in [-0.39, 0.29) is 12.5 Å². The summed E-state index contributed by atoms with van der Waals surface area (Å²) in [5.41, 5.74) is 5.64. The van der Waals surface area contributed by atoms with Crippen LogP contribution < -0.4 is 14.9 Å². The monoisotopic (exact) mass is 438 g/mol. The van der Waals surface area contributed by atoms with E-state index in [0.717, 1.165) is 28.3 Å². The van der Waals surface area contributed by atoms with Crippen LogP contribution in [-0.4, -0.2) is 18.7 Å². The molecule has 0 aliphatic heterocycles. The van der Waals surface area contributed by atoms with Crippen molar-refractivity contribution in [1.29, 1.82) is 0 Å². The third-order valence-electron chi connectivity index (χ3n) is 5.25. The van der Waals surface area contributed by atoms with Gasteiger partial charge in [-0.1, -0.05) is 79.7 Å². The second-order valence-electron chi connectivity index (χ2n) is 7.55. The molecular formula is C28H26N2O3. The van der Waals surface area contributed by atoms with Crippen molar-refractivity contribution in [1.82, 2.24) is 5.43 Å². The standard InChI is InChI=1S/C28H26N2O3/c1-2-21-12-15-24(16-13-21)32-20-28(31)30-29-18-26-25-11-7-6-10-23(25)14-17-27(26)33-19-22-8-4-3-5-9-22/h3-18H,2,19-20H2,1H3,(H,30,31). The highest BCUT2D eigenvalue weighted by molar-refractivity contribution is 6.02. The van der Waals surface area contributed by atoms with Crippen molar-refractivity contribution in [3.05, 3.63) is 108 Å². The third kappa shape index (κ3) is 5.98. The minimum Gasteiger partial charge on any atom is -0.488 e. The molecule has 0 atom stereocenters. The fraction of sp³-hybridized carbons (Fsp3) is 0.143. The maximum atomic E-state index is 12.2. The number of hydrogen-bond acceptors (Lipinski definition) is 4. The lowest BCUT2D eigenvalue weighted by atomic mass is 10.0. The lowest BCUT2D eigenvalue weighted by Gasteiger charge is -2.12. The van der Waals surface area contributed by atoms with Gasteiger partial charge < -0.3 is 9.47 Å². The highest BCUT2D eigenvalue weighted by Gasteiger charge is 2.08.